The fourth-order valence-corrected chi connectivity index (χ4v) is 4.92. The average molecular weight is 548 g/mol. The van der Waals surface area contributed by atoms with E-state index in [0.29, 0.717) is 56.3 Å². The van der Waals surface area contributed by atoms with E-state index < -0.39 is 0 Å². The molecule has 0 radical (unpaired) electrons. The van der Waals surface area contributed by atoms with Crippen LogP contribution in [0.5, 0.6) is 11.5 Å². The Bertz CT molecular complexity index is 1510. The number of nitrogens with zero attached hydrogens (tertiary/aromatic N) is 3. The highest BCUT2D eigenvalue weighted by atomic mass is 35.5. The third-order valence-electron chi connectivity index (χ3n) is 6.56. The second kappa shape index (κ2) is 11.4. The summed E-state index contributed by atoms with van der Waals surface area (Å²) < 4.78 is 12.1. The summed E-state index contributed by atoms with van der Waals surface area (Å²) in [6.45, 7) is 2.31. The number of ether oxygens (including phenoxy) is 2. The largest absolute Gasteiger partial charge is 0.488 e. The maximum absolute atomic E-state index is 9.77. The summed E-state index contributed by atoms with van der Waals surface area (Å²) in [6.07, 6.45) is 3.55. The molecular weight excluding hydrogens is 521 g/mol. The lowest BCUT2D eigenvalue weighted by molar-refractivity contribution is 0.115. The van der Waals surface area contributed by atoms with Crippen LogP contribution in [0.1, 0.15) is 24.0 Å². The highest BCUT2D eigenvalue weighted by Crippen LogP contribution is 2.37. The third-order valence-corrected chi connectivity index (χ3v) is 7.09. The molecule has 0 bridgehead atoms. The van der Waals surface area contributed by atoms with Crippen molar-refractivity contribution < 1.29 is 9.47 Å². The molecule has 7 nitrogen and oxygen atoms in total. The smallest absolute Gasteiger partial charge is 0.144 e. The molecule has 0 spiro atoms. The number of hydrogen-bond acceptors (Lipinski definition) is 7. The molecule has 0 saturated carbocycles. The summed E-state index contributed by atoms with van der Waals surface area (Å²) in [7, 11) is 2.11. The predicted molar refractivity (Wildman–Crippen MR) is 153 cm³/mol. The molecule has 0 amide bonds. The first-order valence-corrected chi connectivity index (χ1v) is 13.1. The molecule has 5 rings (SSSR count). The number of nitriles is 1. The quantitative estimate of drug-likeness (QED) is 0.246. The number of hydrogen-bond donors (Lipinski definition) is 2. The monoisotopic (exact) mass is 547 g/mol. The summed E-state index contributed by atoms with van der Waals surface area (Å²) in [5, 5.41) is 14.9. The van der Waals surface area contributed by atoms with Crippen molar-refractivity contribution in [2.75, 3.05) is 31.2 Å². The number of aromatic nitrogens is 1. The molecule has 3 N–H and O–H groups in total. The predicted octanol–water partition coefficient (Wildman–Crippen LogP) is 6.79. The van der Waals surface area contributed by atoms with Crippen molar-refractivity contribution in [1.82, 2.24) is 9.88 Å². The summed E-state index contributed by atoms with van der Waals surface area (Å²) in [5.41, 5.74) is 10.2. The van der Waals surface area contributed by atoms with Crippen molar-refractivity contribution in [3.8, 4) is 17.6 Å². The molecule has 38 heavy (non-hydrogen) atoms. The van der Waals surface area contributed by atoms with Gasteiger partial charge >= 0.3 is 0 Å². The van der Waals surface area contributed by atoms with E-state index in [1.807, 2.05) is 36.4 Å². The summed E-state index contributed by atoms with van der Waals surface area (Å²) in [6, 6.07) is 18.7. The molecule has 0 aliphatic carbocycles. The lowest BCUT2D eigenvalue weighted by Crippen LogP contribution is -2.35. The van der Waals surface area contributed by atoms with Gasteiger partial charge in [-0.1, -0.05) is 35.3 Å². The molecule has 194 valence electrons. The Kier molecular flexibility index (Phi) is 7.75. The number of likely N-dealkylation sites (tertiary alicyclic amines) is 1. The number of nitrogen functional groups attached to an aromatic ring is 1. The Balaban J connectivity index is 1.37. The average Bonchev–Trinajstić information content (AvgIpc) is 2.90. The summed E-state index contributed by atoms with van der Waals surface area (Å²) in [4.78, 5) is 6.78. The van der Waals surface area contributed by atoms with E-state index in [9.17, 15) is 5.26 Å². The number of halogens is 2. The molecule has 0 atom stereocenters. The van der Waals surface area contributed by atoms with Gasteiger partial charge in [0.25, 0.3) is 0 Å². The normalized spacial score (nSPS) is 14.3. The molecule has 1 fully saturated rings. The van der Waals surface area contributed by atoms with Gasteiger partial charge < -0.3 is 25.4 Å². The summed E-state index contributed by atoms with van der Waals surface area (Å²) >= 11 is 12.6. The number of benzene rings is 3. The van der Waals surface area contributed by atoms with E-state index in [2.05, 4.69) is 28.3 Å². The number of rotatable bonds is 7. The molecule has 0 unspecified atom stereocenters. The second-order valence-corrected chi connectivity index (χ2v) is 10.2. The first-order valence-electron chi connectivity index (χ1n) is 12.3. The van der Waals surface area contributed by atoms with Crippen molar-refractivity contribution >= 4 is 51.2 Å². The topological polar surface area (TPSA) is 96.4 Å². The van der Waals surface area contributed by atoms with Gasteiger partial charge in [0.05, 0.1) is 27.5 Å². The highest BCUT2D eigenvalue weighted by molar-refractivity contribution is 6.32. The third kappa shape index (κ3) is 5.89. The van der Waals surface area contributed by atoms with Gasteiger partial charge in [-0.3, -0.25) is 4.98 Å². The van der Waals surface area contributed by atoms with Gasteiger partial charge in [0, 0.05) is 41.4 Å². The SMILES string of the molecule is CN1CCC(Oc2cc3ncc(C#N)c(Nc4ccc(OCc5cccc(Cl)c5)c(Cl)c4)c3cc2N)CC1. The lowest BCUT2D eigenvalue weighted by atomic mass is 10.1. The van der Waals surface area contributed by atoms with Crippen molar-refractivity contribution in [3.63, 3.8) is 0 Å². The van der Waals surface area contributed by atoms with Crippen LogP contribution >= 0.6 is 23.2 Å². The lowest BCUT2D eigenvalue weighted by Gasteiger charge is -2.29. The zero-order valence-corrected chi connectivity index (χ0v) is 22.4. The van der Waals surface area contributed by atoms with Crippen molar-refractivity contribution in [2.24, 2.45) is 0 Å². The molecule has 1 aliphatic heterocycles. The molecule has 3 aromatic carbocycles. The van der Waals surface area contributed by atoms with Crippen molar-refractivity contribution in [3.05, 3.63) is 82.0 Å². The Labute approximate surface area is 231 Å². The first kappa shape index (κ1) is 25.9. The van der Waals surface area contributed by atoms with E-state index in [0.717, 1.165) is 36.9 Å². The van der Waals surface area contributed by atoms with E-state index in [1.54, 1.807) is 24.4 Å². The molecule has 2 heterocycles. The maximum atomic E-state index is 9.77. The van der Waals surface area contributed by atoms with Gasteiger partial charge in [0.2, 0.25) is 0 Å². The van der Waals surface area contributed by atoms with Crippen LogP contribution in [-0.4, -0.2) is 36.1 Å². The minimum Gasteiger partial charge on any atom is -0.488 e. The van der Waals surface area contributed by atoms with Gasteiger partial charge in [0.1, 0.15) is 30.3 Å². The van der Waals surface area contributed by atoms with E-state index in [4.69, 9.17) is 38.4 Å². The Morgan fingerprint density at radius 1 is 1.11 bits per heavy atom. The van der Waals surface area contributed by atoms with Crippen LogP contribution in [-0.2, 0) is 6.61 Å². The van der Waals surface area contributed by atoms with Crippen molar-refractivity contribution in [2.45, 2.75) is 25.6 Å². The zero-order valence-electron chi connectivity index (χ0n) is 20.9. The molecule has 1 aliphatic rings. The molecular formula is C29H27Cl2N5O2. The van der Waals surface area contributed by atoms with Crippen LogP contribution in [0.15, 0.2) is 60.8 Å². The molecule has 9 heteroatoms. The number of pyridine rings is 1. The standard InChI is InChI=1S/C29H27Cl2N5O2/c1-36-9-7-22(8-10-36)38-28-14-26-23(13-25(28)33)29(19(15-32)16-34-26)35-21-5-6-27(24(31)12-21)37-17-18-3-2-4-20(30)11-18/h2-6,11-14,16,22H,7-10,17,33H2,1H3,(H,34,35). The van der Waals surface area contributed by atoms with Crippen LogP contribution in [0.2, 0.25) is 10.0 Å². The van der Waals surface area contributed by atoms with Crippen LogP contribution in [0.3, 0.4) is 0 Å². The van der Waals surface area contributed by atoms with Gasteiger partial charge in [0.15, 0.2) is 0 Å². The number of anilines is 3. The van der Waals surface area contributed by atoms with Crippen LogP contribution in [0.4, 0.5) is 17.1 Å². The maximum Gasteiger partial charge on any atom is 0.144 e. The fraction of sp³-hybridized carbons (Fsp3) is 0.241. The zero-order chi connectivity index (χ0) is 26.6. The van der Waals surface area contributed by atoms with Gasteiger partial charge in [-0.25, -0.2) is 0 Å². The molecule has 4 aromatic rings. The van der Waals surface area contributed by atoms with E-state index in [-0.39, 0.29) is 6.10 Å². The minimum atomic E-state index is 0.115. The Morgan fingerprint density at radius 3 is 2.66 bits per heavy atom. The number of nitrogens with two attached hydrogens (primary N) is 1. The van der Waals surface area contributed by atoms with Crippen LogP contribution in [0, 0.1) is 11.3 Å². The Hall–Kier alpha value is -3.70. The van der Waals surface area contributed by atoms with Crippen LogP contribution in [0.25, 0.3) is 10.9 Å². The van der Waals surface area contributed by atoms with Crippen LogP contribution < -0.4 is 20.5 Å². The molecule has 1 aromatic heterocycles. The summed E-state index contributed by atoms with van der Waals surface area (Å²) in [5.74, 6) is 1.15. The number of piperidine rings is 1. The minimum absolute atomic E-state index is 0.115. The van der Waals surface area contributed by atoms with Gasteiger partial charge in [-0.05, 0) is 61.9 Å². The van der Waals surface area contributed by atoms with Gasteiger partial charge in [-0.2, -0.15) is 5.26 Å². The molecule has 1 saturated heterocycles. The first-order chi connectivity index (χ1) is 18.4. The van der Waals surface area contributed by atoms with Crippen molar-refractivity contribution in [1.29, 1.82) is 5.26 Å². The van der Waals surface area contributed by atoms with E-state index in [1.165, 1.54) is 0 Å². The highest BCUT2D eigenvalue weighted by Gasteiger charge is 2.20. The second-order valence-electron chi connectivity index (χ2n) is 9.38. The number of nitrogens with one attached hydrogen (secondary N) is 1. The number of fused-ring (bicyclic) bond motifs is 1. The van der Waals surface area contributed by atoms with E-state index >= 15 is 0 Å². The fourth-order valence-electron chi connectivity index (χ4n) is 4.47. The van der Waals surface area contributed by atoms with Gasteiger partial charge in [-0.15, -0.1) is 0 Å². The Morgan fingerprint density at radius 2 is 1.92 bits per heavy atom.